The molecule has 1 unspecified atom stereocenters. The lowest BCUT2D eigenvalue weighted by Gasteiger charge is -2.36. The van der Waals surface area contributed by atoms with Crippen LogP contribution in [0.15, 0.2) is 59.6 Å². The standard InChI is InChI=1S/C24H33N5O3.HI/c1-19(32-22-11-7-10-21(16-22)31-3)17-26-24(25-2)27-18-23(30)29-14-12-28(13-15-29)20-8-5-4-6-9-20;/h4-11,16,19H,12-15,17-18H2,1-3H3,(H2,25,26,27);1H. The van der Waals surface area contributed by atoms with Crippen molar-refractivity contribution in [2.75, 3.05) is 58.3 Å². The molecule has 0 spiro atoms. The van der Waals surface area contributed by atoms with Gasteiger partial charge in [-0.25, -0.2) is 0 Å². The Bertz CT molecular complexity index is 889. The highest BCUT2D eigenvalue weighted by Crippen LogP contribution is 2.19. The van der Waals surface area contributed by atoms with Gasteiger partial charge in [-0.1, -0.05) is 24.3 Å². The smallest absolute Gasteiger partial charge is 0.242 e. The molecule has 3 rings (SSSR count). The number of para-hydroxylation sites is 1. The van der Waals surface area contributed by atoms with Gasteiger partial charge in [0.15, 0.2) is 5.96 Å². The number of piperazine rings is 1. The number of guanidine groups is 1. The normalized spacial score (nSPS) is 14.7. The molecule has 8 nitrogen and oxygen atoms in total. The Balaban J connectivity index is 0.00000385. The van der Waals surface area contributed by atoms with E-state index in [0.717, 1.165) is 24.6 Å². The molecule has 180 valence electrons. The molecule has 1 fully saturated rings. The number of benzene rings is 2. The number of anilines is 1. The van der Waals surface area contributed by atoms with E-state index in [0.29, 0.717) is 25.6 Å². The van der Waals surface area contributed by atoms with Gasteiger partial charge in [0.1, 0.15) is 17.6 Å². The molecule has 33 heavy (non-hydrogen) atoms. The molecule has 1 aliphatic heterocycles. The molecule has 2 aromatic carbocycles. The summed E-state index contributed by atoms with van der Waals surface area (Å²) in [5, 5.41) is 6.31. The number of aliphatic imine (C=N–C) groups is 1. The minimum absolute atomic E-state index is 0. The van der Waals surface area contributed by atoms with E-state index < -0.39 is 0 Å². The van der Waals surface area contributed by atoms with Gasteiger partial charge in [-0.15, -0.1) is 24.0 Å². The van der Waals surface area contributed by atoms with E-state index in [1.807, 2.05) is 54.3 Å². The van der Waals surface area contributed by atoms with Gasteiger partial charge >= 0.3 is 0 Å². The molecule has 1 atom stereocenters. The van der Waals surface area contributed by atoms with Crippen LogP contribution in [0.3, 0.4) is 0 Å². The van der Waals surface area contributed by atoms with Crippen LogP contribution in [0.2, 0.25) is 0 Å². The second-order valence-corrected chi connectivity index (χ2v) is 7.62. The average Bonchev–Trinajstić information content (AvgIpc) is 2.84. The maximum atomic E-state index is 12.6. The van der Waals surface area contributed by atoms with E-state index >= 15 is 0 Å². The van der Waals surface area contributed by atoms with E-state index in [1.54, 1.807) is 14.2 Å². The van der Waals surface area contributed by atoms with Crippen LogP contribution >= 0.6 is 24.0 Å². The van der Waals surface area contributed by atoms with Gasteiger partial charge in [-0.05, 0) is 31.2 Å². The summed E-state index contributed by atoms with van der Waals surface area (Å²) in [7, 11) is 3.32. The zero-order valence-corrected chi connectivity index (χ0v) is 21.8. The molecule has 2 N–H and O–H groups in total. The lowest BCUT2D eigenvalue weighted by atomic mass is 10.2. The topological polar surface area (TPSA) is 78.4 Å². The van der Waals surface area contributed by atoms with Crippen LogP contribution in [-0.2, 0) is 4.79 Å². The molecule has 1 amide bonds. The number of nitrogens with one attached hydrogen (secondary N) is 2. The van der Waals surface area contributed by atoms with Crippen molar-refractivity contribution in [2.45, 2.75) is 13.0 Å². The number of rotatable bonds is 8. The predicted molar refractivity (Wildman–Crippen MR) is 143 cm³/mol. The molecule has 1 saturated heterocycles. The average molecular weight is 567 g/mol. The van der Waals surface area contributed by atoms with Crippen molar-refractivity contribution in [3.05, 3.63) is 54.6 Å². The molecule has 2 aromatic rings. The van der Waals surface area contributed by atoms with Gasteiger partial charge in [0, 0.05) is 45.0 Å². The molecular formula is C24H34IN5O3. The molecular weight excluding hydrogens is 533 g/mol. The van der Waals surface area contributed by atoms with E-state index in [9.17, 15) is 4.79 Å². The third kappa shape index (κ3) is 8.30. The number of ether oxygens (including phenoxy) is 2. The molecule has 9 heteroatoms. The number of hydrogen-bond acceptors (Lipinski definition) is 5. The van der Waals surface area contributed by atoms with Crippen molar-refractivity contribution < 1.29 is 14.3 Å². The molecule has 0 aliphatic carbocycles. The fraction of sp³-hybridized carbons (Fsp3) is 0.417. The zero-order chi connectivity index (χ0) is 22.8. The molecule has 0 saturated carbocycles. The number of methoxy groups -OCH3 is 1. The lowest BCUT2D eigenvalue weighted by Crippen LogP contribution is -2.52. The summed E-state index contributed by atoms with van der Waals surface area (Å²) in [5.41, 5.74) is 1.20. The Hall–Kier alpha value is -2.69. The zero-order valence-electron chi connectivity index (χ0n) is 19.5. The van der Waals surface area contributed by atoms with Gasteiger partial charge in [0.05, 0.1) is 20.2 Å². The van der Waals surface area contributed by atoms with Crippen molar-refractivity contribution in [1.29, 1.82) is 0 Å². The van der Waals surface area contributed by atoms with Crippen molar-refractivity contribution in [3.8, 4) is 11.5 Å². The first-order chi connectivity index (χ1) is 15.6. The minimum atomic E-state index is -0.0950. The van der Waals surface area contributed by atoms with Crippen molar-refractivity contribution >= 4 is 41.5 Å². The van der Waals surface area contributed by atoms with Crippen LogP contribution in [0.25, 0.3) is 0 Å². The summed E-state index contributed by atoms with van der Waals surface area (Å²) in [5.74, 6) is 2.14. The Kier molecular flexibility index (Phi) is 11.1. The molecule has 0 radical (unpaired) electrons. The number of amides is 1. The van der Waals surface area contributed by atoms with Crippen LogP contribution in [0.5, 0.6) is 11.5 Å². The number of nitrogens with zero attached hydrogens (tertiary/aromatic N) is 3. The number of carbonyl (C=O) groups is 1. The van der Waals surface area contributed by atoms with Crippen LogP contribution in [0.4, 0.5) is 5.69 Å². The minimum Gasteiger partial charge on any atom is -0.497 e. The first kappa shape index (κ1) is 26.6. The van der Waals surface area contributed by atoms with Crippen LogP contribution < -0.4 is 25.0 Å². The number of carbonyl (C=O) groups excluding carboxylic acids is 1. The molecule has 0 aromatic heterocycles. The van der Waals surface area contributed by atoms with Gasteiger partial charge in [-0.3, -0.25) is 9.79 Å². The van der Waals surface area contributed by atoms with Crippen molar-refractivity contribution in [2.24, 2.45) is 4.99 Å². The van der Waals surface area contributed by atoms with E-state index in [-0.39, 0.29) is 42.5 Å². The summed E-state index contributed by atoms with van der Waals surface area (Å²) >= 11 is 0. The molecule has 1 aliphatic rings. The fourth-order valence-electron chi connectivity index (χ4n) is 3.53. The first-order valence-electron chi connectivity index (χ1n) is 10.9. The number of hydrogen-bond donors (Lipinski definition) is 2. The predicted octanol–water partition coefficient (Wildman–Crippen LogP) is 2.59. The number of halogens is 1. The summed E-state index contributed by atoms with van der Waals surface area (Å²) in [6, 6.07) is 17.8. The highest BCUT2D eigenvalue weighted by atomic mass is 127. The quantitative estimate of drug-likeness (QED) is 0.290. The summed E-state index contributed by atoms with van der Waals surface area (Å²) < 4.78 is 11.1. The maximum absolute atomic E-state index is 12.6. The summed E-state index contributed by atoms with van der Waals surface area (Å²) in [6.45, 7) is 5.82. The monoisotopic (exact) mass is 567 g/mol. The Morgan fingerprint density at radius 1 is 1.03 bits per heavy atom. The second kappa shape index (κ2) is 13.8. The van der Waals surface area contributed by atoms with E-state index in [1.165, 1.54) is 5.69 Å². The van der Waals surface area contributed by atoms with E-state index in [4.69, 9.17) is 9.47 Å². The second-order valence-electron chi connectivity index (χ2n) is 7.62. The maximum Gasteiger partial charge on any atom is 0.242 e. The van der Waals surface area contributed by atoms with Gasteiger partial charge in [0.25, 0.3) is 0 Å². The van der Waals surface area contributed by atoms with Crippen LogP contribution in [0.1, 0.15) is 6.92 Å². The summed E-state index contributed by atoms with van der Waals surface area (Å²) in [6.07, 6.45) is -0.0950. The Labute approximate surface area is 213 Å². The SMILES string of the molecule is CN=C(NCC(=O)N1CCN(c2ccccc2)CC1)NCC(C)Oc1cccc(OC)c1.I. The van der Waals surface area contributed by atoms with Crippen LogP contribution in [0, 0.1) is 0 Å². The Morgan fingerprint density at radius 3 is 2.39 bits per heavy atom. The van der Waals surface area contributed by atoms with Crippen LogP contribution in [-0.4, -0.2) is 76.3 Å². The molecule has 0 bridgehead atoms. The third-order valence-corrected chi connectivity index (χ3v) is 5.32. The lowest BCUT2D eigenvalue weighted by molar-refractivity contribution is -0.130. The highest BCUT2D eigenvalue weighted by Gasteiger charge is 2.21. The van der Waals surface area contributed by atoms with Gasteiger partial charge in [-0.2, -0.15) is 0 Å². The molecule has 1 heterocycles. The third-order valence-electron chi connectivity index (χ3n) is 5.32. The summed E-state index contributed by atoms with van der Waals surface area (Å²) in [4.78, 5) is 21.0. The van der Waals surface area contributed by atoms with E-state index in [2.05, 4.69) is 32.7 Å². The van der Waals surface area contributed by atoms with Gasteiger partial charge < -0.3 is 29.9 Å². The van der Waals surface area contributed by atoms with Crippen molar-refractivity contribution in [3.63, 3.8) is 0 Å². The van der Waals surface area contributed by atoms with Gasteiger partial charge in [0.2, 0.25) is 5.91 Å². The largest absolute Gasteiger partial charge is 0.497 e. The van der Waals surface area contributed by atoms with Crippen molar-refractivity contribution in [1.82, 2.24) is 15.5 Å². The Morgan fingerprint density at radius 2 is 1.73 bits per heavy atom. The highest BCUT2D eigenvalue weighted by molar-refractivity contribution is 14.0. The fourth-order valence-corrected chi connectivity index (χ4v) is 3.53. The first-order valence-corrected chi connectivity index (χ1v) is 10.9.